The van der Waals surface area contributed by atoms with E-state index in [1.807, 2.05) is 115 Å². The van der Waals surface area contributed by atoms with Crippen LogP contribution in [-0.2, 0) is 23.8 Å². The molecular weight excluding hydrogens is 859 g/mol. The molecule has 0 aliphatic carbocycles. The third-order valence-corrected chi connectivity index (χ3v) is 11.1. The minimum Gasteiger partial charge on any atom is -0.454 e. The van der Waals surface area contributed by atoms with Crippen LogP contribution in [0.2, 0.25) is 0 Å². The highest BCUT2D eigenvalue weighted by molar-refractivity contribution is 5.80. The van der Waals surface area contributed by atoms with Crippen LogP contribution in [0.4, 0.5) is 0 Å². The Bertz CT molecular complexity index is 1600. The molecule has 8 unspecified atom stereocenters. The summed E-state index contributed by atoms with van der Waals surface area (Å²) in [5, 5.41) is 56.5. The minimum atomic E-state index is -1.66. The monoisotopic (exact) mass is 948 g/mol. The molecule has 1 amide bonds. The number of amides is 1. The number of hydrogen-bond acceptors (Lipinski definition) is 10. The van der Waals surface area contributed by atoms with Crippen molar-refractivity contribution < 1.29 is 49.3 Å². The SMILES string of the molecule is CC/C=C/C=C/C=C\C=C/C=C/CCCCC(O)C(=O)NC(COC1OC(CO)C(O)C(O)C1OC(=O)CCC/C=C/C=C\C=C/C=C/C=C/CC)C(O)/C=C/CCCCCCCCCCCC. The first-order valence-electron chi connectivity index (χ1n) is 25.6. The average Bonchev–Trinajstić information content (AvgIpc) is 3.33. The fourth-order valence-corrected chi connectivity index (χ4v) is 6.99. The number of unbranched alkanes of at least 4 members (excludes halogenated alkanes) is 13. The zero-order valence-electron chi connectivity index (χ0n) is 41.7. The maximum atomic E-state index is 13.3. The topological polar surface area (TPSA) is 175 Å². The van der Waals surface area contributed by atoms with Gasteiger partial charge in [-0.05, 0) is 57.8 Å². The second-order valence-corrected chi connectivity index (χ2v) is 17.0. The van der Waals surface area contributed by atoms with E-state index in [9.17, 15) is 35.1 Å². The van der Waals surface area contributed by atoms with Crippen molar-refractivity contribution in [1.82, 2.24) is 5.32 Å². The summed E-state index contributed by atoms with van der Waals surface area (Å²) in [6.07, 6.45) is 50.9. The lowest BCUT2D eigenvalue weighted by Crippen LogP contribution is -2.61. The van der Waals surface area contributed by atoms with Gasteiger partial charge in [-0.2, -0.15) is 0 Å². The van der Waals surface area contributed by atoms with Gasteiger partial charge in [0.05, 0.1) is 25.4 Å². The highest BCUT2D eigenvalue weighted by Gasteiger charge is 2.47. The third kappa shape index (κ3) is 32.5. The van der Waals surface area contributed by atoms with E-state index in [-0.39, 0.29) is 19.4 Å². The van der Waals surface area contributed by atoms with Gasteiger partial charge in [-0.25, -0.2) is 0 Å². The number of esters is 1. The molecule has 0 aromatic rings. The maximum absolute atomic E-state index is 13.3. The molecule has 382 valence electrons. The Morgan fingerprint density at radius 1 is 0.588 bits per heavy atom. The number of allylic oxidation sites excluding steroid dienone is 21. The predicted molar refractivity (Wildman–Crippen MR) is 277 cm³/mol. The van der Waals surface area contributed by atoms with E-state index in [2.05, 4.69) is 38.2 Å². The Hall–Kier alpha value is -4.20. The normalized spacial score (nSPS) is 21.1. The van der Waals surface area contributed by atoms with Crippen molar-refractivity contribution in [3.8, 4) is 0 Å². The van der Waals surface area contributed by atoms with Gasteiger partial charge >= 0.3 is 5.97 Å². The molecular formula is C57H89NO10. The second kappa shape index (κ2) is 44.0. The molecule has 0 aromatic heterocycles. The summed E-state index contributed by atoms with van der Waals surface area (Å²) in [6, 6.07) is -1.07. The first kappa shape index (κ1) is 61.8. The molecule has 0 saturated carbocycles. The summed E-state index contributed by atoms with van der Waals surface area (Å²) in [7, 11) is 0. The molecule has 0 radical (unpaired) electrons. The number of aliphatic hydroxyl groups excluding tert-OH is 5. The van der Waals surface area contributed by atoms with E-state index in [0.29, 0.717) is 19.3 Å². The van der Waals surface area contributed by atoms with Crippen molar-refractivity contribution >= 4 is 11.9 Å². The minimum absolute atomic E-state index is 0.0131. The summed E-state index contributed by atoms with van der Waals surface area (Å²) >= 11 is 0. The highest BCUT2D eigenvalue weighted by atomic mass is 16.7. The van der Waals surface area contributed by atoms with Crippen LogP contribution in [-0.4, -0.2) is 99.6 Å². The Morgan fingerprint density at radius 3 is 1.59 bits per heavy atom. The van der Waals surface area contributed by atoms with Crippen LogP contribution in [0, 0.1) is 0 Å². The van der Waals surface area contributed by atoms with Crippen molar-refractivity contribution in [1.29, 1.82) is 0 Å². The number of rotatable bonds is 39. The Kier molecular flexibility index (Phi) is 40.0. The molecule has 1 saturated heterocycles. The Morgan fingerprint density at radius 2 is 1.06 bits per heavy atom. The van der Waals surface area contributed by atoms with Gasteiger partial charge in [-0.1, -0.05) is 219 Å². The van der Waals surface area contributed by atoms with Crippen LogP contribution in [0.1, 0.15) is 149 Å². The van der Waals surface area contributed by atoms with Crippen LogP contribution < -0.4 is 5.32 Å². The van der Waals surface area contributed by atoms with Crippen LogP contribution in [0.25, 0.3) is 0 Å². The fraction of sp³-hybridized carbons (Fsp3) is 0.579. The highest BCUT2D eigenvalue weighted by Crippen LogP contribution is 2.26. The molecule has 1 heterocycles. The van der Waals surface area contributed by atoms with Gasteiger partial charge in [-0.3, -0.25) is 9.59 Å². The molecule has 6 N–H and O–H groups in total. The maximum Gasteiger partial charge on any atom is 0.306 e. The van der Waals surface area contributed by atoms with Crippen LogP contribution in [0.3, 0.4) is 0 Å². The average molecular weight is 948 g/mol. The molecule has 11 nitrogen and oxygen atoms in total. The van der Waals surface area contributed by atoms with Gasteiger partial charge in [0.1, 0.15) is 24.4 Å². The van der Waals surface area contributed by atoms with Crippen LogP contribution >= 0.6 is 0 Å². The first-order chi connectivity index (χ1) is 33.2. The van der Waals surface area contributed by atoms with Crippen molar-refractivity contribution in [2.24, 2.45) is 0 Å². The van der Waals surface area contributed by atoms with Gasteiger partial charge in [0.15, 0.2) is 12.4 Å². The summed E-state index contributed by atoms with van der Waals surface area (Å²) in [4.78, 5) is 26.3. The molecule has 1 aliphatic rings. The summed E-state index contributed by atoms with van der Waals surface area (Å²) in [5.41, 5.74) is 0. The summed E-state index contributed by atoms with van der Waals surface area (Å²) in [6.45, 7) is 5.37. The van der Waals surface area contributed by atoms with Gasteiger partial charge in [0, 0.05) is 6.42 Å². The van der Waals surface area contributed by atoms with Crippen molar-refractivity contribution in [2.75, 3.05) is 13.2 Å². The van der Waals surface area contributed by atoms with Crippen LogP contribution in [0.5, 0.6) is 0 Å². The number of carbonyl (C=O) groups is 2. The van der Waals surface area contributed by atoms with E-state index >= 15 is 0 Å². The number of aliphatic hydroxyl groups is 5. The van der Waals surface area contributed by atoms with Crippen LogP contribution in [0.15, 0.2) is 134 Å². The molecule has 0 bridgehead atoms. The molecule has 1 rings (SSSR count). The van der Waals surface area contributed by atoms with E-state index in [0.717, 1.165) is 51.4 Å². The largest absolute Gasteiger partial charge is 0.454 e. The van der Waals surface area contributed by atoms with Gasteiger partial charge in [0.25, 0.3) is 0 Å². The lowest BCUT2D eigenvalue weighted by Gasteiger charge is -2.41. The molecule has 0 aromatic carbocycles. The summed E-state index contributed by atoms with van der Waals surface area (Å²) < 4.78 is 17.4. The van der Waals surface area contributed by atoms with Crippen molar-refractivity contribution in [3.05, 3.63) is 134 Å². The smallest absolute Gasteiger partial charge is 0.306 e. The zero-order chi connectivity index (χ0) is 49.7. The third-order valence-electron chi connectivity index (χ3n) is 11.1. The van der Waals surface area contributed by atoms with E-state index in [1.54, 1.807) is 6.08 Å². The van der Waals surface area contributed by atoms with E-state index in [1.165, 1.54) is 44.9 Å². The molecule has 0 spiro atoms. The molecule has 8 atom stereocenters. The van der Waals surface area contributed by atoms with Gasteiger partial charge in [-0.15, -0.1) is 0 Å². The Labute approximate surface area is 410 Å². The molecule has 68 heavy (non-hydrogen) atoms. The molecule has 1 aliphatic heterocycles. The standard InChI is InChI=1S/C57H89NO10/c1-4-7-10-13-16-19-22-25-27-29-32-35-38-41-44-50(61)56(65)58-48(49(60)43-40-37-34-31-28-24-21-18-15-12-9-6-3)47-66-57-55(54(64)53(63)51(46-59)67-57)68-52(62)45-42-39-36-33-30-26-23-20-17-14-11-8-5-2/h7-8,10-11,13-14,16-17,19-20,22-23,25-27,29-30,32-33,36,40,43,48-51,53-55,57,59-61,63-64H,4-6,9,12,15,18,21,24,28,31,34-35,37-39,41-42,44-47H2,1-3H3,(H,58,65)/b10-7+,11-8+,16-13+,17-14+,22-19-,23-20-,27-25-,30-26-,32-29+,36-33+,43-40+. The lowest BCUT2D eigenvalue weighted by atomic mass is 9.99. The second-order valence-electron chi connectivity index (χ2n) is 17.0. The number of carbonyl (C=O) groups excluding carboxylic acids is 2. The zero-order valence-corrected chi connectivity index (χ0v) is 41.7. The van der Waals surface area contributed by atoms with E-state index < -0.39 is 67.4 Å². The number of ether oxygens (including phenoxy) is 3. The Balaban J connectivity index is 2.89. The van der Waals surface area contributed by atoms with Crippen molar-refractivity contribution in [3.63, 3.8) is 0 Å². The van der Waals surface area contributed by atoms with Crippen molar-refractivity contribution in [2.45, 2.75) is 198 Å². The quantitative estimate of drug-likeness (QED) is 0.0151. The van der Waals surface area contributed by atoms with E-state index in [4.69, 9.17) is 14.2 Å². The predicted octanol–water partition coefficient (Wildman–Crippen LogP) is 10.5. The summed E-state index contributed by atoms with van der Waals surface area (Å²) in [5.74, 6) is -1.34. The molecule has 11 heteroatoms. The number of hydrogen-bond donors (Lipinski definition) is 6. The lowest BCUT2D eigenvalue weighted by molar-refractivity contribution is -0.305. The first-order valence-corrected chi connectivity index (χ1v) is 25.6. The fourth-order valence-electron chi connectivity index (χ4n) is 6.99. The number of nitrogens with one attached hydrogen (secondary N) is 1. The van der Waals surface area contributed by atoms with Gasteiger partial charge < -0.3 is 45.1 Å². The van der Waals surface area contributed by atoms with Gasteiger partial charge in [0.2, 0.25) is 5.91 Å². The molecule has 1 fully saturated rings.